The van der Waals surface area contributed by atoms with Crippen molar-refractivity contribution in [2.24, 2.45) is 0 Å². The second-order valence-corrected chi connectivity index (χ2v) is 9.72. The third kappa shape index (κ3) is 4.93. The van der Waals surface area contributed by atoms with Crippen molar-refractivity contribution in [3.05, 3.63) is 53.7 Å². The number of rotatable bonds is 5. The molecule has 3 N–H and O–H groups in total. The Morgan fingerprint density at radius 2 is 1.65 bits per heavy atom. The van der Waals surface area contributed by atoms with Gasteiger partial charge in [-0.2, -0.15) is 4.98 Å². The molecule has 1 saturated carbocycles. The summed E-state index contributed by atoms with van der Waals surface area (Å²) in [6, 6.07) is 14.4. The minimum atomic E-state index is -0.138. The fraction of sp³-hybridized carbons (Fsp3) is 0.444. The smallest absolute Gasteiger partial charge is 0.319 e. The van der Waals surface area contributed by atoms with Crippen LogP contribution in [0.15, 0.2) is 42.5 Å². The quantitative estimate of drug-likeness (QED) is 0.494. The van der Waals surface area contributed by atoms with E-state index in [0.717, 1.165) is 66.8 Å². The van der Waals surface area contributed by atoms with Crippen molar-refractivity contribution in [3.8, 4) is 0 Å². The van der Waals surface area contributed by atoms with Crippen LogP contribution in [0.5, 0.6) is 0 Å². The van der Waals surface area contributed by atoms with Crippen LogP contribution in [0.1, 0.15) is 49.8 Å². The summed E-state index contributed by atoms with van der Waals surface area (Å²) in [7, 11) is 4.11. The fourth-order valence-corrected chi connectivity index (χ4v) is 5.25. The third-order valence-corrected chi connectivity index (χ3v) is 7.02. The molecule has 1 fully saturated rings. The van der Waals surface area contributed by atoms with Crippen LogP contribution < -0.4 is 20.9 Å². The lowest BCUT2D eigenvalue weighted by Gasteiger charge is -2.30. The molecular weight excluding hydrogens is 424 g/mol. The van der Waals surface area contributed by atoms with Crippen LogP contribution >= 0.6 is 0 Å². The normalized spacial score (nSPS) is 19.8. The van der Waals surface area contributed by atoms with Gasteiger partial charge in [0.05, 0.1) is 11.4 Å². The summed E-state index contributed by atoms with van der Waals surface area (Å²) in [5, 5.41) is 12.0. The van der Waals surface area contributed by atoms with Crippen LogP contribution in [-0.4, -0.2) is 42.2 Å². The molecule has 0 radical (unpaired) electrons. The van der Waals surface area contributed by atoms with Crippen molar-refractivity contribution in [1.82, 2.24) is 15.3 Å². The van der Waals surface area contributed by atoms with Crippen LogP contribution in [0.2, 0.25) is 0 Å². The van der Waals surface area contributed by atoms with Gasteiger partial charge in [-0.05, 0) is 62.8 Å². The van der Waals surface area contributed by atoms with Crippen molar-refractivity contribution < 1.29 is 4.79 Å². The molecule has 178 valence electrons. The van der Waals surface area contributed by atoms with E-state index in [4.69, 9.17) is 9.97 Å². The number of aryl methyl sites for hydroxylation is 1. The van der Waals surface area contributed by atoms with Gasteiger partial charge >= 0.3 is 6.03 Å². The first kappa shape index (κ1) is 22.4. The Balaban J connectivity index is 1.16. The van der Waals surface area contributed by atoms with Gasteiger partial charge in [-0.1, -0.05) is 36.4 Å². The van der Waals surface area contributed by atoms with E-state index in [2.05, 4.69) is 47.1 Å². The zero-order chi connectivity index (χ0) is 23.5. The van der Waals surface area contributed by atoms with Crippen LogP contribution in [-0.2, 0) is 12.8 Å². The molecule has 1 heterocycles. The number of nitrogens with one attached hydrogen (secondary N) is 3. The molecule has 0 bridgehead atoms. The van der Waals surface area contributed by atoms with Crippen molar-refractivity contribution in [1.29, 1.82) is 0 Å². The number of carbonyl (C=O) groups is 1. The van der Waals surface area contributed by atoms with Crippen LogP contribution in [0.4, 0.5) is 22.2 Å². The number of hydrogen-bond acceptors (Lipinski definition) is 5. The lowest BCUT2D eigenvalue weighted by atomic mass is 9.91. The topological polar surface area (TPSA) is 82.2 Å². The molecule has 7 nitrogen and oxygen atoms in total. The van der Waals surface area contributed by atoms with E-state index in [9.17, 15) is 4.79 Å². The van der Waals surface area contributed by atoms with Gasteiger partial charge in [-0.3, -0.25) is 0 Å². The number of aromatic nitrogens is 2. The molecule has 34 heavy (non-hydrogen) atoms. The predicted octanol–water partition coefficient (Wildman–Crippen LogP) is 5.12. The maximum Gasteiger partial charge on any atom is 0.319 e. The lowest BCUT2D eigenvalue weighted by molar-refractivity contribution is 0.243. The van der Waals surface area contributed by atoms with E-state index in [1.54, 1.807) is 0 Å². The molecule has 0 aliphatic heterocycles. The van der Waals surface area contributed by atoms with Gasteiger partial charge < -0.3 is 20.9 Å². The molecule has 0 atom stereocenters. The molecule has 2 aromatic carbocycles. The molecule has 7 heteroatoms. The average molecular weight is 459 g/mol. The molecule has 0 saturated heterocycles. The van der Waals surface area contributed by atoms with Crippen molar-refractivity contribution in [3.63, 3.8) is 0 Å². The number of benzene rings is 2. The maximum atomic E-state index is 12.7. The Hall–Kier alpha value is -3.35. The number of amides is 2. The van der Waals surface area contributed by atoms with Crippen molar-refractivity contribution in [2.75, 3.05) is 29.6 Å². The molecule has 2 amide bonds. The van der Waals surface area contributed by atoms with Crippen LogP contribution in [0, 0.1) is 0 Å². The Bertz CT molecular complexity index is 1160. The van der Waals surface area contributed by atoms with Crippen molar-refractivity contribution >= 4 is 34.3 Å². The second-order valence-electron chi connectivity index (χ2n) is 9.72. The molecule has 0 spiro atoms. The predicted molar refractivity (Wildman–Crippen MR) is 139 cm³/mol. The first-order chi connectivity index (χ1) is 16.6. The van der Waals surface area contributed by atoms with E-state index < -0.39 is 0 Å². The molecule has 2 aliphatic rings. The van der Waals surface area contributed by atoms with Gasteiger partial charge in [-0.25, -0.2) is 9.78 Å². The summed E-state index contributed by atoms with van der Waals surface area (Å²) in [4.78, 5) is 24.5. The Kier molecular flexibility index (Phi) is 6.52. The SMILES string of the molecule is CN(C)c1nc(N[C@H]2CC[C@@H](NC(=O)Nc3cccc4ccccc34)CC2)nc2c1CCCC2. The summed E-state index contributed by atoms with van der Waals surface area (Å²) < 4.78 is 0. The van der Waals surface area contributed by atoms with E-state index in [0.29, 0.717) is 6.04 Å². The molecule has 1 aromatic heterocycles. The highest BCUT2D eigenvalue weighted by atomic mass is 16.2. The van der Waals surface area contributed by atoms with Crippen LogP contribution in [0.3, 0.4) is 0 Å². The van der Waals surface area contributed by atoms with Gasteiger partial charge in [0.1, 0.15) is 5.82 Å². The van der Waals surface area contributed by atoms with E-state index >= 15 is 0 Å². The molecule has 5 rings (SSSR count). The number of nitrogens with zero attached hydrogens (tertiary/aromatic N) is 3. The Morgan fingerprint density at radius 1 is 0.912 bits per heavy atom. The molecule has 0 unspecified atom stereocenters. The number of carbonyl (C=O) groups excluding carboxylic acids is 1. The number of anilines is 3. The number of hydrogen-bond donors (Lipinski definition) is 3. The lowest BCUT2D eigenvalue weighted by Crippen LogP contribution is -2.42. The summed E-state index contributed by atoms with van der Waals surface area (Å²) in [6.07, 6.45) is 8.37. The maximum absolute atomic E-state index is 12.7. The van der Waals surface area contributed by atoms with E-state index in [1.807, 2.05) is 30.3 Å². The molecular formula is C27H34N6O. The summed E-state index contributed by atoms with van der Waals surface area (Å²) in [6.45, 7) is 0. The second kappa shape index (κ2) is 9.87. The summed E-state index contributed by atoms with van der Waals surface area (Å²) >= 11 is 0. The van der Waals surface area contributed by atoms with Gasteiger partial charge in [0.2, 0.25) is 5.95 Å². The first-order valence-corrected chi connectivity index (χ1v) is 12.5. The van der Waals surface area contributed by atoms with E-state index in [1.165, 1.54) is 24.1 Å². The minimum Gasteiger partial charge on any atom is -0.362 e. The first-order valence-electron chi connectivity index (χ1n) is 12.5. The monoisotopic (exact) mass is 458 g/mol. The highest BCUT2D eigenvalue weighted by Crippen LogP contribution is 2.29. The highest BCUT2D eigenvalue weighted by Gasteiger charge is 2.25. The Labute approximate surface area is 201 Å². The number of urea groups is 1. The third-order valence-electron chi connectivity index (χ3n) is 7.02. The van der Waals surface area contributed by atoms with Gasteiger partial charge in [-0.15, -0.1) is 0 Å². The van der Waals surface area contributed by atoms with Crippen molar-refractivity contribution in [2.45, 2.75) is 63.5 Å². The fourth-order valence-electron chi connectivity index (χ4n) is 5.25. The zero-order valence-electron chi connectivity index (χ0n) is 20.1. The van der Waals surface area contributed by atoms with Gasteiger partial charge in [0.15, 0.2) is 0 Å². The standard InChI is InChI=1S/C27H34N6O/c1-33(2)25-22-11-5-6-12-24(22)30-26(32-25)28-19-14-16-20(17-15-19)29-27(34)31-23-13-7-9-18-8-3-4-10-21(18)23/h3-4,7-10,13,19-20H,5-6,11-12,14-17H2,1-2H3,(H,28,30,32)(H2,29,31,34)/t19-,20+. The van der Waals surface area contributed by atoms with Gasteiger partial charge in [0.25, 0.3) is 0 Å². The summed E-state index contributed by atoms with van der Waals surface area (Å²) in [5.41, 5.74) is 3.35. The highest BCUT2D eigenvalue weighted by molar-refractivity contribution is 6.01. The molecule has 2 aliphatic carbocycles. The average Bonchev–Trinajstić information content (AvgIpc) is 2.85. The zero-order valence-corrected chi connectivity index (χ0v) is 20.1. The molecule has 3 aromatic rings. The van der Waals surface area contributed by atoms with Gasteiger partial charge in [0, 0.05) is 37.1 Å². The number of fused-ring (bicyclic) bond motifs is 2. The van der Waals surface area contributed by atoms with E-state index in [-0.39, 0.29) is 12.1 Å². The minimum absolute atomic E-state index is 0.138. The van der Waals surface area contributed by atoms with Crippen LogP contribution in [0.25, 0.3) is 10.8 Å². The summed E-state index contributed by atoms with van der Waals surface area (Å²) in [5.74, 6) is 1.79. The largest absolute Gasteiger partial charge is 0.362 e. The Morgan fingerprint density at radius 3 is 2.47 bits per heavy atom.